The molecule has 1 fully saturated rings. The van der Waals surface area contributed by atoms with Crippen molar-refractivity contribution in [1.82, 2.24) is 10.3 Å². The molecule has 1 saturated heterocycles. The van der Waals surface area contributed by atoms with E-state index < -0.39 is 0 Å². The Morgan fingerprint density at radius 3 is 2.75 bits per heavy atom. The summed E-state index contributed by atoms with van der Waals surface area (Å²) >= 11 is 0. The molecule has 2 aromatic rings. The number of aromatic nitrogens is 1. The van der Waals surface area contributed by atoms with Crippen molar-refractivity contribution in [2.45, 2.75) is 18.8 Å². The second-order valence-corrected chi connectivity index (χ2v) is 4.48. The number of aromatic amines is 1. The molecule has 1 aliphatic heterocycles. The van der Waals surface area contributed by atoms with E-state index >= 15 is 0 Å². The van der Waals surface area contributed by atoms with Gasteiger partial charge in [-0.05, 0) is 50.2 Å². The van der Waals surface area contributed by atoms with E-state index in [9.17, 15) is 4.39 Å². The Kier molecular flexibility index (Phi) is 2.40. The van der Waals surface area contributed by atoms with Gasteiger partial charge in [0.05, 0.1) is 0 Å². The van der Waals surface area contributed by atoms with Crippen LogP contribution in [-0.2, 0) is 0 Å². The van der Waals surface area contributed by atoms with E-state index in [1.807, 2.05) is 6.07 Å². The first-order valence-corrected chi connectivity index (χ1v) is 5.82. The van der Waals surface area contributed by atoms with Gasteiger partial charge in [-0.3, -0.25) is 0 Å². The van der Waals surface area contributed by atoms with Crippen molar-refractivity contribution in [2.24, 2.45) is 0 Å². The molecule has 84 valence electrons. The van der Waals surface area contributed by atoms with E-state index in [0.717, 1.165) is 36.8 Å². The Bertz CT molecular complexity index is 498. The fourth-order valence-corrected chi connectivity index (χ4v) is 2.48. The van der Waals surface area contributed by atoms with Crippen LogP contribution in [0.5, 0.6) is 0 Å². The first kappa shape index (κ1) is 9.85. The number of H-pyrrole nitrogens is 1. The van der Waals surface area contributed by atoms with E-state index in [0.29, 0.717) is 5.92 Å². The van der Waals surface area contributed by atoms with Crippen LogP contribution in [0.25, 0.3) is 10.9 Å². The molecule has 1 aromatic carbocycles. The van der Waals surface area contributed by atoms with Crippen LogP contribution < -0.4 is 5.32 Å². The minimum absolute atomic E-state index is 0.164. The summed E-state index contributed by atoms with van der Waals surface area (Å²) in [6, 6.07) is 7.01. The van der Waals surface area contributed by atoms with Gasteiger partial charge in [0.25, 0.3) is 0 Å². The highest BCUT2D eigenvalue weighted by molar-refractivity contribution is 5.80. The molecule has 2 heterocycles. The zero-order valence-electron chi connectivity index (χ0n) is 9.09. The number of hydrogen-bond acceptors (Lipinski definition) is 1. The quantitative estimate of drug-likeness (QED) is 0.756. The lowest BCUT2D eigenvalue weighted by Crippen LogP contribution is -2.26. The minimum Gasteiger partial charge on any atom is -0.358 e. The molecule has 2 N–H and O–H groups in total. The Morgan fingerprint density at radius 2 is 1.94 bits per heavy atom. The van der Waals surface area contributed by atoms with Gasteiger partial charge in [0.2, 0.25) is 0 Å². The molecule has 0 radical (unpaired) electrons. The average molecular weight is 218 g/mol. The zero-order valence-corrected chi connectivity index (χ0v) is 9.09. The van der Waals surface area contributed by atoms with E-state index in [4.69, 9.17) is 0 Å². The standard InChI is InChI=1S/C13H15FN2/c14-11-1-2-12-10(7-11)8-13(16-12)9-3-5-15-6-4-9/h1-2,7-9,15-16H,3-6H2. The molecule has 0 unspecified atom stereocenters. The first-order chi connectivity index (χ1) is 7.83. The number of benzene rings is 1. The van der Waals surface area contributed by atoms with Gasteiger partial charge in [0.1, 0.15) is 5.82 Å². The molecular formula is C13H15FN2. The number of nitrogens with one attached hydrogen (secondary N) is 2. The van der Waals surface area contributed by atoms with Gasteiger partial charge in [-0.1, -0.05) is 0 Å². The van der Waals surface area contributed by atoms with Crippen LogP contribution in [0.15, 0.2) is 24.3 Å². The predicted octanol–water partition coefficient (Wildman–Crippen LogP) is 2.77. The highest BCUT2D eigenvalue weighted by Gasteiger charge is 2.16. The summed E-state index contributed by atoms with van der Waals surface area (Å²) < 4.78 is 13.1. The van der Waals surface area contributed by atoms with E-state index in [1.165, 1.54) is 11.8 Å². The summed E-state index contributed by atoms with van der Waals surface area (Å²) in [5.74, 6) is 0.431. The van der Waals surface area contributed by atoms with Crippen molar-refractivity contribution in [1.29, 1.82) is 0 Å². The number of fused-ring (bicyclic) bond motifs is 1. The molecule has 0 spiro atoms. The Balaban J connectivity index is 1.97. The molecular weight excluding hydrogens is 203 g/mol. The molecule has 16 heavy (non-hydrogen) atoms. The SMILES string of the molecule is Fc1ccc2[nH]c(C3CCNCC3)cc2c1. The Labute approximate surface area is 93.9 Å². The van der Waals surface area contributed by atoms with Crippen LogP contribution in [0, 0.1) is 5.82 Å². The second kappa shape index (κ2) is 3.91. The van der Waals surface area contributed by atoms with Crippen LogP contribution in [0.1, 0.15) is 24.5 Å². The highest BCUT2D eigenvalue weighted by atomic mass is 19.1. The van der Waals surface area contributed by atoms with Gasteiger partial charge >= 0.3 is 0 Å². The summed E-state index contributed by atoms with van der Waals surface area (Å²) in [6.07, 6.45) is 2.32. The predicted molar refractivity (Wildman–Crippen MR) is 63.1 cm³/mol. The fraction of sp³-hybridized carbons (Fsp3) is 0.385. The first-order valence-electron chi connectivity index (χ1n) is 5.82. The number of piperidine rings is 1. The summed E-state index contributed by atoms with van der Waals surface area (Å²) in [5, 5.41) is 4.33. The van der Waals surface area contributed by atoms with Gasteiger partial charge in [0.15, 0.2) is 0 Å². The molecule has 1 aliphatic rings. The van der Waals surface area contributed by atoms with Gasteiger partial charge < -0.3 is 10.3 Å². The molecule has 0 aliphatic carbocycles. The Morgan fingerprint density at radius 1 is 1.12 bits per heavy atom. The van der Waals surface area contributed by atoms with Crippen molar-refractivity contribution >= 4 is 10.9 Å². The van der Waals surface area contributed by atoms with Gasteiger partial charge in [-0.25, -0.2) is 4.39 Å². The minimum atomic E-state index is -0.164. The maximum Gasteiger partial charge on any atom is 0.123 e. The largest absolute Gasteiger partial charge is 0.358 e. The lowest BCUT2D eigenvalue weighted by molar-refractivity contribution is 0.455. The molecule has 1 aromatic heterocycles. The molecule has 3 rings (SSSR count). The van der Waals surface area contributed by atoms with Gasteiger partial charge in [0, 0.05) is 22.5 Å². The lowest BCUT2D eigenvalue weighted by Gasteiger charge is -2.21. The van der Waals surface area contributed by atoms with Crippen molar-refractivity contribution in [3.05, 3.63) is 35.8 Å². The maximum atomic E-state index is 13.1. The second-order valence-electron chi connectivity index (χ2n) is 4.48. The summed E-state index contributed by atoms with van der Waals surface area (Å²) in [4.78, 5) is 3.40. The molecule has 0 bridgehead atoms. The molecule has 0 saturated carbocycles. The fourth-order valence-electron chi connectivity index (χ4n) is 2.48. The number of rotatable bonds is 1. The van der Waals surface area contributed by atoms with Gasteiger partial charge in [-0.2, -0.15) is 0 Å². The molecule has 0 amide bonds. The lowest BCUT2D eigenvalue weighted by atomic mass is 9.95. The monoisotopic (exact) mass is 218 g/mol. The third-order valence-electron chi connectivity index (χ3n) is 3.38. The van der Waals surface area contributed by atoms with Crippen LogP contribution in [0.3, 0.4) is 0 Å². The third-order valence-corrected chi connectivity index (χ3v) is 3.38. The van der Waals surface area contributed by atoms with Crippen molar-refractivity contribution in [2.75, 3.05) is 13.1 Å². The van der Waals surface area contributed by atoms with E-state index in [2.05, 4.69) is 16.4 Å². The van der Waals surface area contributed by atoms with Gasteiger partial charge in [-0.15, -0.1) is 0 Å². The third kappa shape index (κ3) is 1.71. The summed E-state index contributed by atoms with van der Waals surface area (Å²) in [5.41, 5.74) is 2.29. The molecule has 2 nitrogen and oxygen atoms in total. The summed E-state index contributed by atoms with van der Waals surface area (Å²) in [7, 11) is 0. The smallest absolute Gasteiger partial charge is 0.123 e. The van der Waals surface area contributed by atoms with E-state index in [1.54, 1.807) is 6.07 Å². The average Bonchev–Trinajstić information content (AvgIpc) is 2.73. The normalized spacial score (nSPS) is 18.1. The van der Waals surface area contributed by atoms with Crippen LogP contribution in [-0.4, -0.2) is 18.1 Å². The molecule has 0 atom stereocenters. The number of halogens is 1. The van der Waals surface area contributed by atoms with Crippen molar-refractivity contribution < 1.29 is 4.39 Å². The topological polar surface area (TPSA) is 27.8 Å². The summed E-state index contributed by atoms with van der Waals surface area (Å²) in [6.45, 7) is 2.16. The highest BCUT2D eigenvalue weighted by Crippen LogP contribution is 2.27. The molecule has 3 heteroatoms. The van der Waals surface area contributed by atoms with Crippen LogP contribution >= 0.6 is 0 Å². The maximum absolute atomic E-state index is 13.1. The van der Waals surface area contributed by atoms with E-state index in [-0.39, 0.29) is 5.82 Å². The zero-order chi connectivity index (χ0) is 11.0. The van der Waals surface area contributed by atoms with Crippen LogP contribution in [0.2, 0.25) is 0 Å². The number of hydrogen-bond donors (Lipinski definition) is 2. The van der Waals surface area contributed by atoms with Crippen LogP contribution in [0.4, 0.5) is 4.39 Å². The van der Waals surface area contributed by atoms with Crippen molar-refractivity contribution in [3.63, 3.8) is 0 Å². The Hall–Kier alpha value is -1.35. The van der Waals surface area contributed by atoms with Crippen molar-refractivity contribution in [3.8, 4) is 0 Å².